The fourth-order valence-corrected chi connectivity index (χ4v) is 1.77. The summed E-state index contributed by atoms with van der Waals surface area (Å²) < 4.78 is 5.21. The molecule has 0 N–H and O–H groups in total. The van der Waals surface area contributed by atoms with Crippen LogP contribution in [0.4, 0.5) is 0 Å². The molecule has 0 heterocycles. The summed E-state index contributed by atoms with van der Waals surface area (Å²) in [7, 11) is 1.76. The number of allylic oxidation sites excluding steroid dienone is 1. The summed E-state index contributed by atoms with van der Waals surface area (Å²) in [4.78, 5) is 4.15. The third-order valence-electron chi connectivity index (χ3n) is 2.08. The minimum atomic E-state index is 0.867. The molecular weight excluding hydrogens is 289 g/mol. The van der Waals surface area contributed by atoms with E-state index >= 15 is 0 Å². The van der Waals surface area contributed by atoms with Crippen LogP contribution in [0.1, 0.15) is 11.1 Å². The summed E-state index contributed by atoms with van der Waals surface area (Å²) in [5, 5.41) is 0. The highest BCUT2D eigenvalue weighted by molar-refractivity contribution is 14.1. The minimum Gasteiger partial charge on any atom is -0.427 e. The second kappa shape index (κ2) is 5.14. The molecule has 0 radical (unpaired) electrons. The molecule has 0 bridgehead atoms. The van der Waals surface area contributed by atoms with E-state index in [1.54, 1.807) is 13.1 Å². The molecule has 1 aromatic carbocycles. The lowest BCUT2D eigenvalue weighted by molar-refractivity contribution is 0.709. The number of hydrogen-bond donors (Lipinski definition) is 0. The van der Waals surface area contributed by atoms with E-state index in [0.29, 0.717) is 0 Å². The maximum absolute atomic E-state index is 5.21. The van der Waals surface area contributed by atoms with Crippen molar-refractivity contribution in [2.45, 2.75) is 6.92 Å². The highest BCUT2D eigenvalue weighted by Crippen LogP contribution is 2.23. The highest BCUT2D eigenvalue weighted by atomic mass is 127. The molecule has 0 atom stereocenters. The van der Waals surface area contributed by atoms with Crippen molar-refractivity contribution >= 4 is 28.7 Å². The predicted molar refractivity (Wildman–Crippen MR) is 68.5 cm³/mol. The predicted octanol–water partition coefficient (Wildman–Crippen LogP) is 3.33. The number of halogens is 1. The number of rotatable bonds is 3. The standard InChI is InChI=1S/C11H12INO/c1-4-10(13-3)9-6-5-7-11(14-12)8(9)2/h4-7H,1H2,2-3H3/b13-10-. The zero-order chi connectivity index (χ0) is 10.6. The van der Waals surface area contributed by atoms with Crippen LogP contribution in [0.15, 0.2) is 35.8 Å². The van der Waals surface area contributed by atoms with Crippen molar-refractivity contribution in [3.63, 3.8) is 0 Å². The molecule has 74 valence electrons. The van der Waals surface area contributed by atoms with E-state index in [9.17, 15) is 0 Å². The zero-order valence-electron chi connectivity index (χ0n) is 8.25. The molecule has 2 nitrogen and oxygen atoms in total. The summed E-state index contributed by atoms with van der Waals surface area (Å²) in [6.07, 6.45) is 1.75. The van der Waals surface area contributed by atoms with E-state index in [0.717, 1.165) is 22.6 Å². The molecule has 0 unspecified atom stereocenters. The lowest BCUT2D eigenvalue weighted by atomic mass is 10.0. The largest absolute Gasteiger partial charge is 0.427 e. The van der Waals surface area contributed by atoms with Crippen LogP contribution in [0, 0.1) is 6.92 Å². The van der Waals surface area contributed by atoms with E-state index in [2.05, 4.69) is 11.6 Å². The van der Waals surface area contributed by atoms with Gasteiger partial charge < -0.3 is 3.07 Å². The Morgan fingerprint density at radius 1 is 1.57 bits per heavy atom. The van der Waals surface area contributed by atoms with Gasteiger partial charge in [0.15, 0.2) is 23.0 Å². The molecule has 1 aromatic rings. The Bertz CT molecular complexity index is 372. The smallest absolute Gasteiger partial charge is 0.192 e. The van der Waals surface area contributed by atoms with Crippen LogP contribution in [0.2, 0.25) is 0 Å². The summed E-state index contributed by atoms with van der Waals surface area (Å²) in [6, 6.07) is 5.89. The first-order valence-electron chi connectivity index (χ1n) is 4.22. The lowest BCUT2D eigenvalue weighted by Gasteiger charge is -2.08. The SMILES string of the molecule is C=C/C(=N/C)c1cccc(OI)c1C. The van der Waals surface area contributed by atoms with Gasteiger partial charge in [0.1, 0.15) is 5.75 Å². The van der Waals surface area contributed by atoms with E-state index in [1.807, 2.05) is 48.1 Å². The maximum atomic E-state index is 5.21. The lowest BCUT2D eigenvalue weighted by Crippen LogP contribution is -1.99. The molecule has 0 fully saturated rings. The molecular formula is C11H12INO. The molecule has 0 saturated carbocycles. The number of hydrogen-bond acceptors (Lipinski definition) is 2. The molecule has 0 spiro atoms. The molecule has 3 heteroatoms. The zero-order valence-corrected chi connectivity index (χ0v) is 10.4. The van der Waals surface area contributed by atoms with E-state index in [1.165, 1.54) is 0 Å². The van der Waals surface area contributed by atoms with Gasteiger partial charge in [-0.1, -0.05) is 18.7 Å². The minimum absolute atomic E-state index is 0.867. The van der Waals surface area contributed by atoms with Gasteiger partial charge in [-0.05, 0) is 19.1 Å². The third kappa shape index (κ3) is 2.15. The van der Waals surface area contributed by atoms with Gasteiger partial charge in [-0.15, -0.1) is 0 Å². The van der Waals surface area contributed by atoms with Gasteiger partial charge >= 0.3 is 0 Å². The molecule has 0 amide bonds. The second-order valence-electron chi connectivity index (χ2n) is 2.82. The Morgan fingerprint density at radius 2 is 2.29 bits per heavy atom. The molecule has 1 rings (SSSR count). The number of nitrogens with zero attached hydrogens (tertiary/aromatic N) is 1. The van der Waals surface area contributed by atoms with Crippen molar-refractivity contribution < 1.29 is 3.07 Å². The van der Waals surface area contributed by atoms with Crippen LogP contribution >= 0.6 is 23.0 Å². The Balaban J connectivity index is 3.28. The first kappa shape index (κ1) is 11.2. The van der Waals surface area contributed by atoms with Gasteiger partial charge in [0, 0.05) is 18.2 Å². The van der Waals surface area contributed by atoms with Crippen LogP contribution in [-0.2, 0) is 0 Å². The molecule has 0 saturated heterocycles. The van der Waals surface area contributed by atoms with Crippen LogP contribution in [-0.4, -0.2) is 12.8 Å². The van der Waals surface area contributed by atoms with Gasteiger partial charge in [0.05, 0.1) is 5.71 Å². The Morgan fingerprint density at radius 3 is 2.79 bits per heavy atom. The quantitative estimate of drug-likeness (QED) is 0.620. The van der Waals surface area contributed by atoms with E-state index in [-0.39, 0.29) is 0 Å². The van der Waals surface area contributed by atoms with Gasteiger partial charge in [0.25, 0.3) is 0 Å². The van der Waals surface area contributed by atoms with Crippen LogP contribution in [0.3, 0.4) is 0 Å². The summed E-state index contributed by atoms with van der Waals surface area (Å²) in [6.45, 7) is 5.74. The summed E-state index contributed by atoms with van der Waals surface area (Å²) in [5.74, 6) is 0.867. The van der Waals surface area contributed by atoms with E-state index < -0.39 is 0 Å². The summed E-state index contributed by atoms with van der Waals surface area (Å²) in [5.41, 5.74) is 3.04. The van der Waals surface area contributed by atoms with Gasteiger partial charge in [-0.3, -0.25) is 4.99 Å². The first-order chi connectivity index (χ1) is 6.74. The van der Waals surface area contributed by atoms with Crippen molar-refractivity contribution in [3.8, 4) is 5.75 Å². The van der Waals surface area contributed by atoms with Crippen molar-refractivity contribution in [3.05, 3.63) is 42.0 Å². The average molecular weight is 301 g/mol. The second-order valence-corrected chi connectivity index (χ2v) is 3.26. The van der Waals surface area contributed by atoms with Crippen molar-refractivity contribution in [2.24, 2.45) is 4.99 Å². The van der Waals surface area contributed by atoms with Crippen LogP contribution in [0.25, 0.3) is 0 Å². The van der Waals surface area contributed by atoms with Crippen molar-refractivity contribution in [1.29, 1.82) is 0 Å². The number of aliphatic imine (C=N–C) groups is 1. The van der Waals surface area contributed by atoms with Crippen molar-refractivity contribution in [2.75, 3.05) is 7.05 Å². The topological polar surface area (TPSA) is 21.6 Å². The van der Waals surface area contributed by atoms with Crippen molar-refractivity contribution in [1.82, 2.24) is 0 Å². The Hall–Kier alpha value is -0.840. The monoisotopic (exact) mass is 301 g/mol. The molecule has 0 aliphatic heterocycles. The fraction of sp³-hybridized carbons (Fsp3) is 0.182. The van der Waals surface area contributed by atoms with Gasteiger partial charge in [-0.2, -0.15) is 0 Å². The normalized spacial score (nSPS) is 11.2. The maximum Gasteiger partial charge on any atom is 0.192 e. The molecule has 0 aromatic heterocycles. The van der Waals surface area contributed by atoms with E-state index in [4.69, 9.17) is 3.07 Å². The molecule has 0 aliphatic carbocycles. The average Bonchev–Trinajstić information content (AvgIpc) is 2.22. The highest BCUT2D eigenvalue weighted by Gasteiger charge is 2.07. The third-order valence-corrected chi connectivity index (χ3v) is 2.55. The van der Waals surface area contributed by atoms with Crippen LogP contribution in [0.5, 0.6) is 5.75 Å². The molecule has 0 aliphatic rings. The fourth-order valence-electron chi connectivity index (χ4n) is 1.30. The van der Waals surface area contributed by atoms with Crippen LogP contribution < -0.4 is 3.07 Å². The number of benzene rings is 1. The first-order valence-corrected chi connectivity index (χ1v) is 5.10. The van der Waals surface area contributed by atoms with Gasteiger partial charge in [0.2, 0.25) is 0 Å². The molecule has 14 heavy (non-hydrogen) atoms. The Labute approximate surface area is 98.4 Å². The van der Waals surface area contributed by atoms with Gasteiger partial charge in [-0.25, -0.2) is 0 Å². The Kier molecular flexibility index (Phi) is 4.13. The summed E-state index contributed by atoms with van der Waals surface area (Å²) >= 11 is 1.88.